The summed E-state index contributed by atoms with van der Waals surface area (Å²) in [5.74, 6) is -0.727. The molecule has 0 fully saturated rings. The minimum absolute atomic E-state index is 0.0292. The number of rotatable bonds is 9. The third-order valence-corrected chi connectivity index (χ3v) is 3.79. The third-order valence-electron chi connectivity index (χ3n) is 3.79. The molecule has 0 amide bonds. The van der Waals surface area contributed by atoms with E-state index in [-0.39, 0.29) is 5.41 Å². The van der Waals surface area contributed by atoms with Gasteiger partial charge in [-0.1, -0.05) is 27.7 Å². The summed E-state index contributed by atoms with van der Waals surface area (Å²) in [7, 11) is 0. The Balaban J connectivity index is 4.31. The van der Waals surface area contributed by atoms with Gasteiger partial charge in [-0.05, 0) is 24.7 Å². The van der Waals surface area contributed by atoms with Gasteiger partial charge in [0.05, 0.1) is 11.5 Å². The van der Waals surface area contributed by atoms with Crippen molar-refractivity contribution in [1.29, 1.82) is 5.26 Å². The zero-order chi connectivity index (χ0) is 14.2. The van der Waals surface area contributed by atoms with Crippen molar-refractivity contribution < 1.29 is 9.90 Å². The summed E-state index contributed by atoms with van der Waals surface area (Å²) in [4.78, 5) is 11.3. The molecule has 104 valence electrons. The molecule has 0 radical (unpaired) electrons. The van der Waals surface area contributed by atoms with E-state index in [9.17, 15) is 9.90 Å². The van der Waals surface area contributed by atoms with Crippen LogP contribution < -0.4 is 5.32 Å². The summed E-state index contributed by atoms with van der Waals surface area (Å²) < 4.78 is 0. The summed E-state index contributed by atoms with van der Waals surface area (Å²) in [5, 5.41) is 21.2. The maximum Gasteiger partial charge on any atom is 0.310 e. The topological polar surface area (TPSA) is 73.1 Å². The molecular formula is C14H26N2O2. The van der Waals surface area contributed by atoms with E-state index in [0.717, 1.165) is 13.0 Å². The van der Waals surface area contributed by atoms with Crippen LogP contribution in [0.2, 0.25) is 0 Å². The van der Waals surface area contributed by atoms with Crippen molar-refractivity contribution in [3.8, 4) is 6.07 Å². The third kappa shape index (κ3) is 5.05. The number of nitrogens with one attached hydrogen (secondary N) is 1. The molecule has 0 saturated carbocycles. The van der Waals surface area contributed by atoms with E-state index < -0.39 is 11.4 Å². The largest absolute Gasteiger partial charge is 0.481 e. The van der Waals surface area contributed by atoms with Crippen LogP contribution in [0.15, 0.2) is 0 Å². The molecule has 4 heteroatoms. The molecule has 0 aliphatic heterocycles. The molecule has 0 unspecified atom stereocenters. The number of carbonyl (C=O) groups is 1. The number of hydrogen-bond donors (Lipinski definition) is 2. The summed E-state index contributed by atoms with van der Waals surface area (Å²) in [5.41, 5.74) is -0.632. The van der Waals surface area contributed by atoms with Gasteiger partial charge in [0.2, 0.25) is 0 Å². The van der Waals surface area contributed by atoms with Crippen molar-refractivity contribution in [2.24, 2.45) is 10.8 Å². The molecule has 18 heavy (non-hydrogen) atoms. The standard InChI is InChI=1S/C14H26N2O2/c1-5-14(6-2,12(17)18)11-16-10-13(3,4)8-7-9-15/h16H,5-8,10-11H2,1-4H3,(H,17,18). The summed E-state index contributed by atoms with van der Waals surface area (Å²) >= 11 is 0. The Hall–Kier alpha value is -1.08. The second-order valence-electron chi connectivity index (χ2n) is 5.72. The smallest absolute Gasteiger partial charge is 0.310 e. The van der Waals surface area contributed by atoms with Crippen molar-refractivity contribution in [3.05, 3.63) is 0 Å². The van der Waals surface area contributed by atoms with Crippen molar-refractivity contribution >= 4 is 5.97 Å². The van der Waals surface area contributed by atoms with Gasteiger partial charge in [-0.3, -0.25) is 4.79 Å². The molecule has 0 aromatic rings. The molecular weight excluding hydrogens is 228 g/mol. The average Bonchev–Trinajstić information content (AvgIpc) is 2.32. The number of nitriles is 1. The van der Waals surface area contributed by atoms with Crippen molar-refractivity contribution in [3.63, 3.8) is 0 Å². The first-order valence-corrected chi connectivity index (χ1v) is 6.64. The van der Waals surface area contributed by atoms with Crippen LogP contribution in [-0.4, -0.2) is 24.2 Å². The highest BCUT2D eigenvalue weighted by Crippen LogP contribution is 2.27. The highest BCUT2D eigenvalue weighted by Gasteiger charge is 2.34. The fourth-order valence-corrected chi connectivity index (χ4v) is 2.00. The van der Waals surface area contributed by atoms with Crippen LogP contribution in [0.4, 0.5) is 0 Å². The molecule has 0 aliphatic rings. The Labute approximate surface area is 110 Å². The van der Waals surface area contributed by atoms with Gasteiger partial charge in [0, 0.05) is 19.5 Å². The Morgan fingerprint density at radius 2 is 1.83 bits per heavy atom. The highest BCUT2D eigenvalue weighted by molar-refractivity contribution is 5.74. The monoisotopic (exact) mass is 254 g/mol. The summed E-state index contributed by atoms with van der Waals surface area (Å²) in [6.45, 7) is 9.25. The first-order valence-electron chi connectivity index (χ1n) is 6.64. The van der Waals surface area contributed by atoms with Gasteiger partial charge in [0.25, 0.3) is 0 Å². The molecule has 0 rings (SSSR count). The van der Waals surface area contributed by atoms with Crippen molar-refractivity contribution in [2.75, 3.05) is 13.1 Å². The minimum Gasteiger partial charge on any atom is -0.481 e. The van der Waals surface area contributed by atoms with Crippen LogP contribution in [0.5, 0.6) is 0 Å². The van der Waals surface area contributed by atoms with Crippen LogP contribution in [0.25, 0.3) is 0 Å². The molecule has 0 aromatic carbocycles. The van der Waals surface area contributed by atoms with Gasteiger partial charge in [0.1, 0.15) is 0 Å². The van der Waals surface area contributed by atoms with E-state index in [2.05, 4.69) is 25.2 Å². The van der Waals surface area contributed by atoms with E-state index in [1.165, 1.54) is 0 Å². The first kappa shape index (κ1) is 16.9. The lowest BCUT2D eigenvalue weighted by Gasteiger charge is -2.30. The van der Waals surface area contributed by atoms with Gasteiger partial charge in [-0.25, -0.2) is 0 Å². The molecule has 0 atom stereocenters. The van der Waals surface area contributed by atoms with Crippen molar-refractivity contribution in [1.82, 2.24) is 5.32 Å². The van der Waals surface area contributed by atoms with E-state index in [1.807, 2.05) is 13.8 Å². The highest BCUT2D eigenvalue weighted by atomic mass is 16.4. The molecule has 0 aromatic heterocycles. The maximum atomic E-state index is 11.3. The van der Waals surface area contributed by atoms with Gasteiger partial charge in [-0.2, -0.15) is 5.26 Å². The SMILES string of the molecule is CCC(CC)(CNCC(C)(C)CCC#N)C(=O)O. The summed E-state index contributed by atoms with van der Waals surface area (Å²) in [6, 6.07) is 2.15. The molecule has 0 heterocycles. The normalized spacial score (nSPS) is 12.2. The first-order chi connectivity index (χ1) is 8.33. The van der Waals surface area contributed by atoms with E-state index in [1.54, 1.807) is 0 Å². The van der Waals surface area contributed by atoms with Gasteiger partial charge in [-0.15, -0.1) is 0 Å². The van der Waals surface area contributed by atoms with Gasteiger partial charge < -0.3 is 10.4 Å². The second-order valence-corrected chi connectivity index (χ2v) is 5.72. The molecule has 0 saturated heterocycles. The average molecular weight is 254 g/mol. The van der Waals surface area contributed by atoms with Crippen LogP contribution in [0.3, 0.4) is 0 Å². The molecule has 2 N–H and O–H groups in total. The molecule has 0 spiro atoms. The van der Waals surface area contributed by atoms with E-state index in [0.29, 0.717) is 25.8 Å². The fraction of sp³-hybridized carbons (Fsp3) is 0.857. The van der Waals surface area contributed by atoms with Crippen LogP contribution in [-0.2, 0) is 4.79 Å². The predicted octanol–water partition coefficient (Wildman–Crippen LogP) is 2.80. The number of aliphatic carboxylic acids is 1. The quantitative estimate of drug-likeness (QED) is 0.663. The number of carboxylic acid groups (broad SMARTS) is 1. The minimum atomic E-state index is -0.727. The number of carboxylic acids is 1. The van der Waals surface area contributed by atoms with Gasteiger partial charge >= 0.3 is 5.97 Å². The van der Waals surface area contributed by atoms with Gasteiger partial charge in [0.15, 0.2) is 0 Å². The van der Waals surface area contributed by atoms with E-state index in [4.69, 9.17) is 5.26 Å². The van der Waals surface area contributed by atoms with Crippen LogP contribution in [0, 0.1) is 22.2 Å². The fourth-order valence-electron chi connectivity index (χ4n) is 2.00. The van der Waals surface area contributed by atoms with Crippen LogP contribution in [0.1, 0.15) is 53.4 Å². The lowest BCUT2D eigenvalue weighted by atomic mass is 9.81. The maximum absolute atomic E-state index is 11.3. The Kier molecular flexibility index (Phi) is 6.93. The Morgan fingerprint density at radius 1 is 1.28 bits per heavy atom. The lowest BCUT2D eigenvalue weighted by Crippen LogP contribution is -2.43. The summed E-state index contributed by atoms with van der Waals surface area (Å²) in [6.07, 6.45) is 2.63. The lowest BCUT2D eigenvalue weighted by molar-refractivity contribution is -0.149. The Bertz CT molecular complexity index is 301. The number of hydrogen-bond acceptors (Lipinski definition) is 3. The Morgan fingerprint density at radius 3 is 2.22 bits per heavy atom. The van der Waals surface area contributed by atoms with Crippen molar-refractivity contribution in [2.45, 2.75) is 53.4 Å². The zero-order valence-electron chi connectivity index (χ0n) is 12.0. The number of nitrogens with zero attached hydrogens (tertiary/aromatic N) is 1. The molecule has 0 bridgehead atoms. The predicted molar refractivity (Wildman–Crippen MR) is 72.1 cm³/mol. The van der Waals surface area contributed by atoms with Crippen LogP contribution >= 0.6 is 0 Å². The second kappa shape index (κ2) is 7.38. The molecule has 4 nitrogen and oxygen atoms in total. The zero-order valence-corrected chi connectivity index (χ0v) is 12.0. The van der Waals surface area contributed by atoms with E-state index >= 15 is 0 Å². The molecule has 0 aliphatic carbocycles.